The van der Waals surface area contributed by atoms with E-state index < -0.39 is 0 Å². The minimum absolute atomic E-state index is 0.109. The van der Waals surface area contributed by atoms with Gasteiger partial charge in [-0.15, -0.1) is 0 Å². The normalized spacial score (nSPS) is 10.9. The number of aryl methyl sites for hydroxylation is 2. The van der Waals surface area contributed by atoms with E-state index in [1.54, 1.807) is 6.92 Å². The third kappa shape index (κ3) is 3.85. The maximum absolute atomic E-state index is 11.7. The maximum atomic E-state index is 11.7. The summed E-state index contributed by atoms with van der Waals surface area (Å²) in [6, 6.07) is 14.7. The number of carbonyl (C=O) groups excluding carboxylic acids is 1. The molecule has 26 heavy (non-hydrogen) atoms. The first kappa shape index (κ1) is 17.9. The Kier molecular flexibility index (Phi) is 5.21. The monoisotopic (exact) mass is 347 g/mol. The van der Waals surface area contributed by atoms with Crippen molar-refractivity contribution in [2.24, 2.45) is 0 Å². The van der Waals surface area contributed by atoms with E-state index in [1.807, 2.05) is 18.2 Å². The summed E-state index contributed by atoms with van der Waals surface area (Å²) >= 11 is 0. The summed E-state index contributed by atoms with van der Waals surface area (Å²) in [6.07, 6.45) is 0.679. The molecule has 0 fully saturated rings. The number of para-hydroxylation sites is 2. The van der Waals surface area contributed by atoms with E-state index in [9.17, 15) is 4.79 Å². The Balaban J connectivity index is 1.90. The second-order valence-electron chi connectivity index (χ2n) is 6.82. The summed E-state index contributed by atoms with van der Waals surface area (Å²) in [5, 5.41) is 2.89. The molecule has 0 bridgehead atoms. The van der Waals surface area contributed by atoms with Gasteiger partial charge in [0.25, 0.3) is 0 Å². The maximum Gasteiger partial charge on any atom is 0.246 e. The van der Waals surface area contributed by atoms with E-state index in [0.29, 0.717) is 18.5 Å². The van der Waals surface area contributed by atoms with Gasteiger partial charge in [0.05, 0.1) is 11.0 Å². The van der Waals surface area contributed by atoms with Gasteiger partial charge < -0.3 is 9.88 Å². The lowest BCUT2D eigenvalue weighted by molar-refractivity contribution is -0.117. The molecule has 1 amide bonds. The third-order valence-electron chi connectivity index (χ3n) is 4.59. The van der Waals surface area contributed by atoms with Crippen molar-refractivity contribution in [1.82, 2.24) is 14.9 Å². The van der Waals surface area contributed by atoms with Crippen molar-refractivity contribution in [2.75, 3.05) is 6.54 Å². The topological polar surface area (TPSA) is 46.9 Å². The van der Waals surface area contributed by atoms with Crippen molar-refractivity contribution in [3.63, 3.8) is 0 Å². The number of fused-ring (bicyclic) bond motifs is 1. The average Bonchev–Trinajstić information content (AvgIpc) is 2.95. The highest BCUT2D eigenvalue weighted by Gasteiger charge is 2.12. The summed E-state index contributed by atoms with van der Waals surface area (Å²) in [5.41, 5.74) is 6.45. The standard InChI is InChI=1S/C22H25N3O/c1-15(2)22(26)23-12-11-21-24-19-7-5-6-8-20(19)25(21)14-18-13-16(3)9-10-17(18)4/h5-10,13H,1,11-12,14H2,2-4H3,(H,23,26). The molecule has 0 spiro atoms. The predicted molar refractivity (Wildman–Crippen MR) is 106 cm³/mol. The molecule has 134 valence electrons. The molecule has 0 aliphatic carbocycles. The van der Waals surface area contributed by atoms with E-state index in [4.69, 9.17) is 4.98 Å². The molecule has 3 rings (SSSR count). The van der Waals surface area contributed by atoms with Crippen molar-refractivity contribution in [3.8, 4) is 0 Å². The Morgan fingerprint density at radius 1 is 1.19 bits per heavy atom. The highest BCUT2D eigenvalue weighted by atomic mass is 16.1. The molecule has 4 nitrogen and oxygen atoms in total. The first-order chi connectivity index (χ1) is 12.5. The van der Waals surface area contributed by atoms with Gasteiger partial charge in [-0.3, -0.25) is 4.79 Å². The minimum atomic E-state index is -0.109. The fourth-order valence-electron chi connectivity index (χ4n) is 3.07. The molecule has 0 saturated heterocycles. The minimum Gasteiger partial charge on any atom is -0.352 e. The van der Waals surface area contributed by atoms with E-state index in [1.165, 1.54) is 16.7 Å². The molecule has 0 aliphatic rings. The van der Waals surface area contributed by atoms with Gasteiger partial charge >= 0.3 is 0 Å². The van der Waals surface area contributed by atoms with Gasteiger partial charge in [-0.05, 0) is 44.0 Å². The zero-order valence-corrected chi connectivity index (χ0v) is 15.7. The number of aromatic nitrogens is 2. The van der Waals surface area contributed by atoms with Crippen LogP contribution in [0.5, 0.6) is 0 Å². The Bertz CT molecular complexity index is 969. The molecule has 0 saturated carbocycles. The Morgan fingerprint density at radius 2 is 1.96 bits per heavy atom. The number of hydrogen-bond donors (Lipinski definition) is 1. The zero-order valence-electron chi connectivity index (χ0n) is 15.7. The number of carbonyl (C=O) groups is 1. The summed E-state index contributed by atoms with van der Waals surface area (Å²) in [4.78, 5) is 16.5. The lowest BCUT2D eigenvalue weighted by Crippen LogP contribution is -2.26. The van der Waals surface area contributed by atoms with Gasteiger partial charge in [0.15, 0.2) is 0 Å². The molecular formula is C22H25N3O. The van der Waals surface area contributed by atoms with E-state index in [0.717, 1.165) is 23.4 Å². The Hall–Kier alpha value is -2.88. The van der Waals surface area contributed by atoms with Crippen LogP contribution in [0.1, 0.15) is 29.4 Å². The largest absolute Gasteiger partial charge is 0.352 e. The van der Waals surface area contributed by atoms with Crippen LogP contribution in [0.2, 0.25) is 0 Å². The summed E-state index contributed by atoms with van der Waals surface area (Å²) in [6.45, 7) is 11.0. The van der Waals surface area contributed by atoms with Gasteiger partial charge in [-0.25, -0.2) is 4.98 Å². The van der Waals surface area contributed by atoms with Crippen LogP contribution in [-0.2, 0) is 17.8 Å². The first-order valence-corrected chi connectivity index (χ1v) is 8.89. The van der Waals surface area contributed by atoms with Crippen LogP contribution < -0.4 is 5.32 Å². The molecule has 1 aromatic heterocycles. The number of rotatable bonds is 6. The molecular weight excluding hydrogens is 322 g/mol. The molecule has 3 aromatic rings. The fraction of sp³-hybridized carbons (Fsp3) is 0.273. The summed E-state index contributed by atoms with van der Waals surface area (Å²) in [7, 11) is 0. The van der Waals surface area contributed by atoms with Crippen LogP contribution in [0.15, 0.2) is 54.6 Å². The van der Waals surface area contributed by atoms with Crippen LogP contribution in [0.25, 0.3) is 11.0 Å². The Morgan fingerprint density at radius 3 is 2.73 bits per heavy atom. The van der Waals surface area contributed by atoms with E-state index in [2.05, 4.69) is 54.6 Å². The first-order valence-electron chi connectivity index (χ1n) is 8.89. The van der Waals surface area contributed by atoms with Gasteiger partial charge in [-0.2, -0.15) is 0 Å². The number of amides is 1. The van der Waals surface area contributed by atoms with Gasteiger partial charge in [0.2, 0.25) is 5.91 Å². The molecule has 2 aromatic carbocycles. The quantitative estimate of drug-likeness (QED) is 0.687. The lowest BCUT2D eigenvalue weighted by Gasteiger charge is -2.13. The molecule has 0 radical (unpaired) electrons. The number of hydrogen-bond acceptors (Lipinski definition) is 2. The van der Waals surface area contributed by atoms with Crippen LogP contribution in [0, 0.1) is 13.8 Å². The van der Waals surface area contributed by atoms with Crippen LogP contribution in [0.4, 0.5) is 0 Å². The van der Waals surface area contributed by atoms with Crippen LogP contribution >= 0.6 is 0 Å². The SMILES string of the molecule is C=C(C)C(=O)NCCc1nc2ccccc2n1Cc1cc(C)ccc1C. The number of benzene rings is 2. The fourth-order valence-corrected chi connectivity index (χ4v) is 3.07. The number of nitrogens with one attached hydrogen (secondary N) is 1. The molecule has 4 heteroatoms. The van der Waals surface area contributed by atoms with Crippen molar-refractivity contribution in [3.05, 3.63) is 77.1 Å². The smallest absolute Gasteiger partial charge is 0.246 e. The molecule has 0 unspecified atom stereocenters. The highest BCUT2D eigenvalue weighted by molar-refractivity contribution is 5.92. The van der Waals surface area contributed by atoms with E-state index in [-0.39, 0.29) is 5.91 Å². The van der Waals surface area contributed by atoms with Crippen LogP contribution in [-0.4, -0.2) is 22.0 Å². The van der Waals surface area contributed by atoms with Crippen LogP contribution in [0.3, 0.4) is 0 Å². The lowest BCUT2D eigenvalue weighted by atomic mass is 10.1. The second kappa shape index (κ2) is 7.56. The average molecular weight is 347 g/mol. The van der Waals surface area contributed by atoms with Crippen molar-refractivity contribution >= 4 is 16.9 Å². The van der Waals surface area contributed by atoms with Crippen molar-refractivity contribution in [1.29, 1.82) is 0 Å². The van der Waals surface area contributed by atoms with E-state index >= 15 is 0 Å². The number of imidazole rings is 1. The highest BCUT2D eigenvalue weighted by Crippen LogP contribution is 2.20. The number of nitrogens with zero attached hydrogens (tertiary/aromatic N) is 2. The second-order valence-corrected chi connectivity index (χ2v) is 6.82. The third-order valence-corrected chi connectivity index (χ3v) is 4.59. The molecule has 0 atom stereocenters. The molecule has 0 aliphatic heterocycles. The molecule has 1 N–H and O–H groups in total. The van der Waals surface area contributed by atoms with Gasteiger partial charge in [0, 0.05) is 25.1 Å². The predicted octanol–water partition coefficient (Wildman–Crippen LogP) is 3.94. The molecule has 1 heterocycles. The van der Waals surface area contributed by atoms with Gasteiger partial charge in [0.1, 0.15) is 5.82 Å². The van der Waals surface area contributed by atoms with Crippen molar-refractivity contribution in [2.45, 2.75) is 33.7 Å². The van der Waals surface area contributed by atoms with Gasteiger partial charge in [-0.1, -0.05) is 42.5 Å². The van der Waals surface area contributed by atoms with Crippen molar-refractivity contribution < 1.29 is 4.79 Å². The Labute approximate surface area is 154 Å². The summed E-state index contributed by atoms with van der Waals surface area (Å²) in [5.74, 6) is 0.872. The zero-order chi connectivity index (χ0) is 18.7. The summed E-state index contributed by atoms with van der Waals surface area (Å²) < 4.78 is 2.25.